The average molecular weight is 689 g/mol. The van der Waals surface area contributed by atoms with E-state index >= 15 is 0 Å². The second kappa shape index (κ2) is 14.3. The Balaban J connectivity index is 1.17. The van der Waals surface area contributed by atoms with Gasteiger partial charge < -0.3 is 15.4 Å². The van der Waals surface area contributed by atoms with Crippen molar-refractivity contribution < 1.29 is 14.3 Å². The van der Waals surface area contributed by atoms with Crippen LogP contribution in [-0.2, 0) is 4.79 Å². The predicted octanol–water partition coefficient (Wildman–Crippen LogP) is 8.37. The molecule has 5 rings (SSSR count). The van der Waals surface area contributed by atoms with Crippen LogP contribution in [0.4, 0.5) is 16.5 Å². The predicted molar refractivity (Wildman–Crippen MR) is 182 cm³/mol. The third-order valence-electron chi connectivity index (χ3n) is 6.41. The molecule has 0 saturated carbocycles. The van der Waals surface area contributed by atoms with Crippen LogP contribution in [0.1, 0.15) is 27.0 Å². The van der Waals surface area contributed by atoms with E-state index in [-0.39, 0.29) is 18.4 Å². The summed E-state index contributed by atoms with van der Waals surface area (Å²) in [5.41, 5.74) is 8.89. The van der Waals surface area contributed by atoms with Crippen molar-refractivity contribution in [1.29, 1.82) is 0 Å². The Kier molecular flexibility index (Phi) is 10.1. The monoisotopic (exact) mass is 687 g/mol. The zero-order valence-electron chi connectivity index (χ0n) is 23.7. The van der Waals surface area contributed by atoms with Crippen molar-refractivity contribution in [2.24, 2.45) is 5.10 Å². The van der Waals surface area contributed by atoms with Crippen molar-refractivity contribution in [2.45, 2.75) is 13.8 Å². The fourth-order valence-electron chi connectivity index (χ4n) is 4.09. The second-order valence-electron chi connectivity index (χ2n) is 9.78. The van der Waals surface area contributed by atoms with E-state index in [1.54, 1.807) is 30.3 Å². The van der Waals surface area contributed by atoms with E-state index in [2.05, 4.69) is 42.1 Å². The van der Waals surface area contributed by atoms with Gasteiger partial charge in [0.1, 0.15) is 5.75 Å². The molecule has 2 amide bonds. The van der Waals surface area contributed by atoms with Gasteiger partial charge in [-0.15, -0.1) is 11.3 Å². The number of hydrazone groups is 1. The van der Waals surface area contributed by atoms with Crippen LogP contribution in [0.2, 0.25) is 5.02 Å². The normalized spacial score (nSPS) is 10.9. The largest absolute Gasteiger partial charge is 0.483 e. The summed E-state index contributed by atoms with van der Waals surface area (Å²) >= 11 is 10.9. The first-order valence-electron chi connectivity index (χ1n) is 13.4. The fourth-order valence-corrected chi connectivity index (χ4v) is 5.33. The number of thiazole rings is 1. The molecule has 1 heterocycles. The number of aryl methyl sites for hydroxylation is 2. The molecule has 44 heavy (non-hydrogen) atoms. The zero-order valence-corrected chi connectivity index (χ0v) is 26.9. The lowest BCUT2D eigenvalue weighted by Gasteiger charge is -2.12. The fraction of sp³-hybridized carbons (Fsp3) is 0.0909. The number of carbonyl (C=O) groups excluding carboxylic acids is 2. The maximum Gasteiger partial charge on any atom is 0.271 e. The summed E-state index contributed by atoms with van der Waals surface area (Å²) in [4.78, 5) is 29.9. The van der Waals surface area contributed by atoms with Crippen LogP contribution in [0.3, 0.4) is 0 Å². The highest BCUT2D eigenvalue weighted by Crippen LogP contribution is 2.28. The summed E-state index contributed by atoms with van der Waals surface area (Å²) in [6.07, 6.45) is 1.47. The number of nitrogens with zero attached hydrogens (tertiary/aromatic N) is 2. The van der Waals surface area contributed by atoms with Crippen molar-refractivity contribution in [3.63, 3.8) is 0 Å². The minimum Gasteiger partial charge on any atom is -0.483 e. The maximum atomic E-state index is 12.8. The molecule has 4 aromatic carbocycles. The molecule has 8 nitrogen and oxygen atoms in total. The summed E-state index contributed by atoms with van der Waals surface area (Å²) in [5.74, 6) is -0.214. The van der Waals surface area contributed by atoms with E-state index in [9.17, 15) is 9.59 Å². The summed E-state index contributed by atoms with van der Waals surface area (Å²) < 4.78 is 6.57. The lowest BCUT2D eigenvalue weighted by Crippen LogP contribution is -2.21. The quantitative estimate of drug-likeness (QED) is 0.101. The Hall–Kier alpha value is -4.51. The first kappa shape index (κ1) is 30.9. The standard InChI is InChI=1S/C33H27BrClN5O3S/c1-20-3-4-21(2)28(15-20)38-31(41)18-43-30-14-9-25(34)16-24(30)17-36-40-32(42)23-7-5-22(6-8-23)29-19-44-33(39-29)37-27-12-10-26(35)11-13-27/h3-17,19H,18H2,1-2H3,(H,37,39)(H,38,41)(H,40,42)/b36-17-. The third kappa shape index (κ3) is 8.31. The Morgan fingerprint density at radius 1 is 1.00 bits per heavy atom. The number of nitrogens with one attached hydrogen (secondary N) is 3. The minimum absolute atomic E-state index is 0.188. The molecule has 0 unspecified atom stereocenters. The van der Waals surface area contributed by atoms with E-state index < -0.39 is 0 Å². The molecule has 11 heteroatoms. The third-order valence-corrected chi connectivity index (χ3v) is 7.91. The summed E-state index contributed by atoms with van der Waals surface area (Å²) in [6.45, 7) is 3.71. The van der Waals surface area contributed by atoms with Crippen molar-refractivity contribution in [1.82, 2.24) is 10.4 Å². The molecule has 3 N–H and O–H groups in total. The first-order chi connectivity index (χ1) is 21.2. The zero-order chi connectivity index (χ0) is 31.1. The van der Waals surface area contributed by atoms with Gasteiger partial charge in [0.15, 0.2) is 11.7 Å². The van der Waals surface area contributed by atoms with Gasteiger partial charge in [-0.1, -0.05) is 51.8 Å². The number of hydrogen-bond acceptors (Lipinski definition) is 7. The molecule has 1 aromatic heterocycles. The van der Waals surface area contributed by atoms with Gasteiger partial charge in [0.05, 0.1) is 11.9 Å². The number of anilines is 3. The van der Waals surface area contributed by atoms with Gasteiger partial charge in [0.25, 0.3) is 11.8 Å². The second-order valence-corrected chi connectivity index (χ2v) is 12.0. The topological polar surface area (TPSA) is 105 Å². The molecule has 0 aliphatic heterocycles. The van der Waals surface area contributed by atoms with Gasteiger partial charge >= 0.3 is 0 Å². The Bertz CT molecular complexity index is 1820. The summed E-state index contributed by atoms with van der Waals surface area (Å²) in [6, 6.07) is 25.7. The Labute approximate surface area is 272 Å². The number of aromatic nitrogens is 1. The van der Waals surface area contributed by atoms with Crippen molar-refractivity contribution in [3.05, 3.63) is 122 Å². The molecular weight excluding hydrogens is 662 g/mol. The molecule has 0 radical (unpaired) electrons. The lowest BCUT2D eigenvalue weighted by molar-refractivity contribution is -0.118. The molecular formula is C33H27BrClN5O3S. The number of hydrogen-bond donors (Lipinski definition) is 3. The number of halogens is 2. The molecule has 0 fully saturated rings. The number of benzene rings is 4. The van der Waals surface area contributed by atoms with E-state index in [1.165, 1.54) is 17.6 Å². The van der Waals surface area contributed by atoms with E-state index in [0.29, 0.717) is 21.9 Å². The number of carbonyl (C=O) groups is 2. The summed E-state index contributed by atoms with van der Waals surface area (Å²) in [5, 5.41) is 13.6. The number of rotatable bonds is 10. The van der Waals surface area contributed by atoms with E-state index in [1.807, 2.05) is 73.8 Å². The molecule has 0 saturated heterocycles. The van der Waals surface area contributed by atoms with Crippen LogP contribution >= 0.6 is 38.9 Å². The van der Waals surface area contributed by atoms with E-state index in [0.717, 1.165) is 43.4 Å². The van der Waals surface area contributed by atoms with E-state index in [4.69, 9.17) is 16.3 Å². The molecule has 0 aliphatic carbocycles. The van der Waals surface area contributed by atoms with Gasteiger partial charge in [0.2, 0.25) is 0 Å². The molecule has 0 atom stereocenters. The highest BCUT2D eigenvalue weighted by atomic mass is 79.9. The lowest BCUT2D eigenvalue weighted by atomic mass is 10.1. The Morgan fingerprint density at radius 2 is 1.77 bits per heavy atom. The number of amides is 2. The van der Waals surface area contributed by atoms with Crippen molar-refractivity contribution in [2.75, 3.05) is 17.2 Å². The molecule has 0 aliphatic rings. The average Bonchev–Trinajstić information content (AvgIpc) is 3.48. The van der Waals surface area contributed by atoms with Crippen LogP contribution in [0.25, 0.3) is 11.3 Å². The Morgan fingerprint density at radius 3 is 2.55 bits per heavy atom. The first-order valence-corrected chi connectivity index (χ1v) is 15.5. The van der Waals surface area contributed by atoms with Gasteiger partial charge in [-0.3, -0.25) is 9.59 Å². The van der Waals surface area contributed by atoms with Crippen LogP contribution in [0.5, 0.6) is 5.75 Å². The molecule has 222 valence electrons. The van der Waals surface area contributed by atoms with Crippen LogP contribution in [0, 0.1) is 13.8 Å². The molecule has 5 aromatic rings. The molecule has 0 spiro atoms. The maximum absolute atomic E-state index is 12.8. The van der Waals surface area contributed by atoms with Gasteiger partial charge in [-0.05, 0) is 85.6 Å². The summed E-state index contributed by atoms with van der Waals surface area (Å²) in [7, 11) is 0. The molecule has 0 bridgehead atoms. The van der Waals surface area contributed by atoms with Gasteiger partial charge in [-0.2, -0.15) is 5.10 Å². The van der Waals surface area contributed by atoms with Crippen LogP contribution < -0.4 is 20.8 Å². The number of ether oxygens (including phenoxy) is 1. The smallest absolute Gasteiger partial charge is 0.271 e. The van der Waals surface area contributed by atoms with Gasteiger partial charge in [0, 0.05) is 42.9 Å². The van der Waals surface area contributed by atoms with Crippen molar-refractivity contribution >= 4 is 73.4 Å². The SMILES string of the molecule is Cc1ccc(C)c(NC(=O)COc2ccc(Br)cc2/C=N\NC(=O)c2ccc(-c3csc(Nc4ccc(Cl)cc4)n3)cc2)c1. The van der Waals surface area contributed by atoms with Crippen LogP contribution in [-0.4, -0.2) is 29.6 Å². The highest BCUT2D eigenvalue weighted by Gasteiger charge is 2.11. The minimum atomic E-state index is -0.374. The van der Waals surface area contributed by atoms with Crippen LogP contribution in [0.15, 0.2) is 99.9 Å². The van der Waals surface area contributed by atoms with Gasteiger partial charge in [-0.25, -0.2) is 10.4 Å². The highest BCUT2D eigenvalue weighted by molar-refractivity contribution is 9.10. The van der Waals surface area contributed by atoms with Crippen molar-refractivity contribution in [3.8, 4) is 17.0 Å².